The fourth-order valence-corrected chi connectivity index (χ4v) is 2.09. The summed E-state index contributed by atoms with van der Waals surface area (Å²) in [5.74, 6) is -0.630. The molecule has 2 nitrogen and oxygen atoms in total. The number of anilines is 2. The van der Waals surface area contributed by atoms with E-state index < -0.39 is 5.82 Å². The molecular formula is C14H13BrF2N2. The second-order valence-electron chi connectivity index (χ2n) is 4.12. The maximum atomic E-state index is 13.4. The molecule has 2 aromatic carbocycles. The molecule has 3 N–H and O–H groups in total. The van der Waals surface area contributed by atoms with Crippen molar-refractivity contribution in [2.45, 2.75) is 6.42 Å². The van der Waals surface area contributed by atoms with E-state index in [1.165, 1.54) is 12.1 Å². The standard InChI is InChI=1S/C14H13BrF2N2/c15-10-7-14(13(18)8-12(10)17)19-6-5-9-3-1-2-4-11(9)16/h1-4,7-8,19H,5-6,18H2. The summed E-state index contributed by atoms with van der Waals surface area (Å²) >= 11 is 3.10. The average molecular weight is 327 g/mol. The first-order chi connectivity index (χ1) is 9.08. The van der Waals surface area contributed by atoms with Crippen LogP contribution < -0.4 is 11.1 Å². The summed E-state index contributed by atoms with van der Waals surface area (Å²) < 4.78 is 26.9. The summed E-state index contributed by atoms with van der Waals surface area (Å²) in [6, 6.07) is 9.43. The zero-order chi connectivity index (χ0) is 13.8. The molecule has 0 heterocycles. The Bertz CT molecular complexity index is 588. The molecule has 5 heteroatoms. The molecular weight excluding hydrogens is 314 g/mol. The highest BCUT2D eigenvalue weighted by atomic mass is 79.9. The number of hydrogen-bond donors (Lipinski definition) is 2. The second kappa shape index (κ2) is 6.02. The van der Waals surface area contributed by atoms with Gasteiger partial charge in [0.05, 0.1) is 15.8 Å². The van der Waals surface area contributed by atoms with Crippen molar-refractivity contribution < 1.29 is 8.78 Å². The molecule has 0 saturated carbocycles. The Labute approximate surface area is 118 Å². The van der Waals surface area contributed by atoms with Gasteiger partial charge in [0, 0.05) is 12.6 Å². The van der Waals surface area contributed by atoms with Crippen LogP contribution >= 0.6 is 15.9 Å². The quantitative estimate of drug-likeness (QED) is 0.834. The minimum absolute atomic E-state index is 0.224. The Hall–Kier alpha value is -1.62. The van der Waals surface area contributed by atoms with Gasteiger partial charge in [-0.2, -0.15) is 0 Å². The number of rotatable bonds is 4. The minimum atomic E-state index is -0.405. The maximum absolute atomic E-state index is 13.4. The summed E-state index contributed by atoms with van der Waals surface area (Å²) in [6.07, 6.45) is 0.529. The predicted molar refractivity (Wildman–Crippen MR) is 77.1 cm³/mol. The molecule has 0 aromatic heterocycles. The Morgan fingerprint density at radius 3 is 2.58 bits per heavy atom. The van der Waals surface area contributed by atoms with Gasteiger partial charge in [-0.3, -0.25) is 0 Å². The van der Waals surface area contributed by atoms with Crippen LogP contribution in [0.25, 0.3) is 0 Å². The summed E-state index contributed by atoms with van der Waals surface area (Å²) in [5, 5.41) is 3.07. The molecule has 0 unspecified atom stereocenters. The molecule has 0 amide bonds. The third-order valence-corrected chi connectivity index (χ3v) is 3.37. The Kier molecular flexibility index (Phi) is 4.37. The molecule has 0 radical (unpaired) electrons. The molecule has 0 aliphatic rings. The van der Waals surface area contributed by atoms with Gasteiger partial charge in [-0.1, -0.05) is 18.2 Å². The number of hydrogen-bond acceptors (Lipinski definition) is 2. The van der Waals surface area contributed by atoms with E-state index in [2.05, 4.69) is 21.2 Å². The fraction of sp³-hybridized carbons (Fsp3) is 0.143. The molecule has 0 saturated heterocycles. The summed E-state index contributed by atoms with van der Waals surface area (Å²) in [6.45, 7) is 0.517. The first-order valence-electron chi connectivity index (χ1n) is 5.79. The van der Waals surface area contributed by atoms with Crippen molar-refractivity contribution in [3.05, 3.63) is 58.1 Å². The normalized spacial score (nSPS) is 10.5. The van der Waals surface area contributed by atoms with Crippen molar-refractivity contribution in [3.63, 3.8) is 0 Å². The molecule has 0 atom stereocenters. The third-order valence-electron chi connectivity index (χ3n) is 2.76. The van der Waals surface area contributed by atoms with Gasteiger partial charge in [-0.05, 0) is 40.0 Å². The van der Waals surface area contributed by atoms with E-state index in [-0.39, 0.29) is 5.82 Å². The maximum Gasteiger partial charge on any atom is 0.139 e. The van der Waals surface area contributed by atoms with E-state index >= 15 is 0 Å². The van der Waals surface area contributed by atoms with Crippen molar-refractivity contribution in [3.8, 4) is 0 Å². The lowest BCUT2D eigenvalue weighted by Gasteiger charge is -2.10. The van der Waals surface area contributed by atoms with Crippen LogP contribution in [0.2, 0.25) is 0 Å². The van der Waals surface area contributed by atoms with Crippen LogP contribution in [0.4, 0.5) is 20.2 Å². The minimum Gasteiger partial charge on any atom is -0.397 e. The smallest absolute Gasteiger partial charge is 0.139 e. The number of nitrogen functional groups attached to an aromatic ring is 1. The Morgan fingerprint density at radius 2 is 1.84 bits per heavy atom. The van der Waals surface area contributed by atoms with Crippen molar-refractivity contribution in [1.82, 2.24) is 0 Å². The number of nitrogens with two attached hydrogens (primary N) is 1. The van der Waals surface area contributed by atoms with Crippen molar-refractivity contribution in [2.24, 2.45) is 0 Å². The molecule has 19 heavy (non-hydrogen) atoms. The van der Waals surface area contributed by atoms with Crippen LogP contribution in [-0.4, -0.2) is 6.54 Å². The number of benzene rings is 2. The lowest BCUT2D eigenvalue weighted by molar-refractivity contribution is 0.610. The molecule has 0 fully saturated rings. The van der Waals surface area contributed by atoms with E-state index in [0.717, 1.165) is 0 Å². The van der Waals surface area contributed by atoms with Gasteiger partial charge < -0.3 is 11.1 Å². The van der Waals surface area contributed by atoms with Crippen molar-refractivity contribution in [2.75, 3.05) is 17.6 Å². The van der Waals surface area contributed by atoms with E-state index in [1.54, 1.807) is 24.3 Å². The van der Waals surface area contributed by atoms with Gasteiger partial charge in [-0.15, -0.1) is 0 Å². The van der Waals surface area contributed by atoms with Gasteiger partial charge in [0.15, 0.2) is 0 Å². The first kappa shape index (κ1) is 13.8. The molecule has 0 bridgehead atoms. The molecule has 0 aliphatic heterocycles. The predicted octanol–water partition coefficient (Wildman–Crippen LogP) is 3.96. The van der Waals surface area contributed by atoms with Crippen LogP contribution in [-0.2, 0) is 6.42 Å². The van der Waals surface area contributed by atoms with Crippen molar-refractivity contribution in [1.29, 1.82) is 0 Å². The van der Waals surface area contributed by atoms with Crippen LogP contribution in [0.5, 0.6) is 0 Å². The monoisotopic (exact) mass is 326 g/mol. The number of nitrogens with one attached hydrogen (secondary N) is 1. The molecule has 2 rings (SSSR count). The molecule has 0 aliphatic carbocycles. The Morgan fingerprint density at radius 1 is 1.11 bits per heavy atom. The first-order valence-corrected chi connectivity index (χ1v) is 6.59. The zero-order valence-electron chi connectivity index (χ0n) is 10.1. The largest absolute Gasteiger partial charge is 0.397 e. The zero-order valence-corrected chi connectivity index (χ0v) is 11.7. The second-order valence-corrected chi connectivity index (χ2v) is 4.98. The van der Waals surface area contributed by atoms with Gasteiger partial charge in [0.2, 0.25) is 0 Å². The van der Waals surface area contributed by atoms with Crippen LogP contribution in [0.3, 0.4) is 0 Å². The van der Waals surface area contributed by atoms with Crippen LogP contribution in [0.15, 0.2) is 40.9 Å². The van der Waals surface area contributed by atoms with Crippen LogP contribution in [0, 0.1) is 11.6 Å². The van der Waals surface area contributed by atoms with E-state index in [1.807, 2.05) is 0 Å². The fourth-order valence-electron chi connectivity index (χ4n) is 1.75. The Balaban J connectivity index is 2.00. The molecule has 0 spiro atoms. The summed E-state index contributed by atoms with van der Waals surface area (Å²) in [5.41, 5.74) is 7.29. The van der Waals surface area contributed by atoms with E-state index in [4.69, 9.17) is 5.73 Å². The number of halogens is 3. The van der Waals surface area contributed by atoms with Gasteiger partial charge in [0.25, 0.3) is 0 Å². The highest BCUT2D eigenvalue weighted by molar-refractivity contribution is 9.10. The van der Waals surface area contributed by atoms with Crippen LogP contribution in [0.1, 0.15) is 5.56 Å². The van der Waals surface area contributed by atoms with E-state index in [9.17, 15) is 8.78 Å². The third kappa shape index (κ3) is 3.44. The molecule has 100 valence electrons. The van der Waals surface area contributed by atoms with E-state index in [0.29, 0.717) is 34.4 Å². The van der Waals surface area contributed by atoms with Gasteiger partial charge >= 0.3 is 0 Å². The highest BCUT2D eigenvalue weighted by Crippen LogP contribution is 2.26. The highest BCUT2D eigenvalue weighted by Gasteiger charge is 2.06. The average Bonchev–Trinajstić information content (AvgIpc) is 2.38. The summed E-state index contributed by atoms with van der Waals surface area (Å²) in [7, 11) is 0. The lowest BCUT2D eigenvalue weighted by Crippen LogP contribution is -2.08. The molecule has 2 aromatic rings. The topological polar surface area (TPSA) is 38.0 Å². The van der Waals surface area contributed by atoms with Crippen molar-refractivity contribution >= 4 is 27.3 Å². The van der Waals surface area contributed by atoms with Gasteiger partial charge in [-0.25, -0.2) is 8.78 Å². The SMILES string of the molecule is Nc1cc(F)c(Br)cc1NCCc1ccccc1F. The lowest BCUT2D eigenvalue weighted by atomic mass is 10.1. The van der Waals surface area contributed by atoms with Gasteiger partial charge in [0.1, 0.15) is 11.6 Å². The summed E-state index contributed by atoms with van der Waals surface area (Å²) in [4.78, 5) is 0.